The van der Waals surface area contributed by atoms with E-state index in [4.69, 9.17) is 5.84 Å². The molecule has 1 aromatic rings. The largest absolute Gasteiger partial charge is 0.276 e. The van der Waals surface area contributed by atoms with E-state index in [1.54, 1.807) is 0 Å². The summed E-state index contributed by atoms with van der Waals surface area (Å²) < 4.78 is 1.85. The molecule has 4 heteroatoms. The molecule has 0 amide bonds. The van der Waals surface area contributed by atoms with Crippen LogP contribution in [0.4, 0.5) is 0 Å². The zero-order valence-corrected chi connectivity index (χ0v) is 9.32. The molecule has 1 aliphatic rings. The van der Waals surface area contributed by atoms with Crippen molar-refractivity contribution in [3.8, 4) is 0 Å². The van der Waals surface area contributed by atoms with Crippen LogP contribution in [0.5, 0.6) is 0 Å². The molecule has 4 nitrogen and oxygen atoms in total. The molecule has 1 heterocycles. The van der Waals surface area contributed by atoms with Crippen molar-refractivity contribution >= 4 is 0 Å². The van der Waals surface area contributed by atoms with Gasteiger partial charge in [0.2, 0.25) is 0 Å². The Morgan fingerprint density at radius 2 is 2.47 bits per heavy atom. The molecule has 1 saturated carbocycles. The number of aromatic nitrogens is 2. The molecule has 0 radical (unpaired) electrons. The molecule has 1 fully saturated rings. The lowest BCUT2D eigenvalue weighted by atomic mass is 10.0. The monoisotopic (exact) mass is 208 g/mol. The maximum absolute atomic E-state index is 5.55. The van der Waals surface area contributed by atoms with Gasteiger partial charge in [0.05, 0.1) is 6.20 Å². The zero-order chi connectivity index (χ0) is 10.7. The van der Waals surface area contributed by atoms with E-state index in [1.165, 1.54) is 24.8 Å². The van der Waals surface area contributed by atoms with E-state index in [2.05, 4.69) is 16.7 Å². The number of aryl methyl sites for hydroxylation is 2. The summed E-state index contributed by atoms with van der Waals surface area (Å²) in [5.41, 5.74) is 4.22. The number of hydrogen-bond donors (Lipinski definition) is 2. The number of hydrazine groups is 1. The van der Waals surface area contributed by atoms with Gasteiger partial charge < -0.3 is 0 Å². The molecule has 15 heavy (non-hydrogen) atoms. The van der Waals surface area contributed by atoms with Crippen LogP contribution in [0.3, 0.4) is 0 Å². The molecule has 1 unspecified atom stereocenters. The standard InChI is InChI=1S/C11H20N4/c1-15-8-10(7-13-15)4-5-11(14-12)6-9-2-3-9/h7-9,11,14H,2-6,12H2,1H3. The van der Waals surface area contributed by atoms with Crippen molar-refractivity contribution in [2.45, 2.75) is 38.1 Å². The van der Waals surface area contributed by atoms with Gasteiger partial charge in [-0.1, -0.05) is 12.8 Å². The van der Waals surface area contributed by atoms with Gasteiger partial charge in [-0.05, 0) is 30.7 Å². The third-order valence-electron chi connectivity index (χ3n) is 3.09. The molecular weight excluding hydrogens is 188 g/mol. The highest BCUT2D eigenvalue weighted by Gasteiger charge is 2.24. The molecule has 0 aromatic carbocycles. The highest BCUT2D eigenvalue weighted by atomic mass is 15.2. The van der Waals surface area contributed by atoms with E-state index >= 15 is 0 Å². The Labute approximate surface area is 90.8 Å². The maximum Gasteiger partial charge on any atom is 0.0521 e. The van der Waals surface area contributed by atoms with Crippen LogP contribution >= 0.6 is 0 Å². The zero-order valence-electron chi connectivity index (χ0n) is 9.32. The lowest BCUT2D eigenvalue weighted by Gasteiger charge is -2.14. The Morgan fingerprint density at radius 3 is 3.00 bits per heavy atom. The van der Waals surface area contributed by atoms with Gasteiger partial charge in [0.25, 0.3) is 0 Å². The third-order valence-corrected chi connectivity index (χ3v) is 3.09. The first kappa shape index (κ1) is 10.6. The van der Waals surface area contributed by atoms with E-state index in [0.717, 1.165) is 18.8 Å². The lowest BCUT2D eigenvalue weighted by Crippen LogP contribution is -2.35. The van der Waals surface area contributed by atoms with E-state index in [9.17, 15) is 0 Å². The number of rotatable bonds is 6. The molecule has 0 saturated heterocycles. The normalized spacial score (nSPS) is 18.0. The molecule has 0 spiro atoms. The molecule has 3 N–H and O–H groups in total. The molecule has 84 valence electrons. The van der Waals surface area contributed by atoms with Crippen molar-refractivity contribution < 1.29 is 0 Å². The molecule has 1 atom stereocenters. The number of nitrogens with two attached hydrogens (primary N) is 1. The first-order valence-electron chi connectivity index (χ1n) is 5.71. The van der Waals surface area contributed by atoms with E-state index in [-0.39, 0.29) is 0 Å². The fourth-order valence-corrected chi connectivity index (χ4v) is 1.97. The van der Waals surface area contributed by atoms with Gasteiger partial charge >= 0.3 is 0 Å². The summed E-state index contributed by atoms with van der Waals surface area (Å²) in [6.45, 7) is 0. The minimum Gasteiger partial charge on any atom is -0.276 e. The molecule has 0 aliphatic heterocycles. The van der Waals surface area contributed by atoms with Crippen molar-refractivity contribution in [1.82, 2.24) is 15.2 Å². The molecule has 1 aromatic heterocycles. The SMILES string of the molecule is Cn1cc(CCC(CC2CC2)NN)cn1. The van der Waals surface area contributed by atoms with Crippen LogP contribution in [0.15, 0.2) is 12.4 Å². The lowest BCUT2D eigenvalue weighted by molar-refractivity contribution is 0.442. The Kier molecular flexibility index (Phi) is 3.38. The summed E-state index contributed by atoms with van der Waals surface area (Å²) in [5, 5.41) is 4.16. The summed E-state index contributed by atoms with van der Waals surface area (Å²) in [6, 6.07) is 0.470. The maximum atomic E-state index is 5.55. The van der Waals surface area contributed by atoms with E-state index in [0.29, 0.717) is 6.04 Å². The van der Waals surface area contributed by atoms with Crippen molar-refractivity contribution in [3.05, 3.63) is 18.0 Å². The number of nitrogens with zero attached hydrogens (tertiary/aromatic N) is 2. The van der Waals surface area contributed by atoms with Gasteiger partial charge in [-0.15, -0.1) is 0 Å². The van der Waals surface area contributed by atoms with E-state index in [1.807, 2.05) is 17.9 Å². The van der Waals surface area contributed by atoms with Crippen molar-refractivity contribution in [2.24, 2.45) is 18.8 Å². The average molecular weight is 208 g/mol. The van der Waals surface area contributed by atoms with Crippen molar-refractivity contribution in [3.63, 3.8) is 0 Å². The summed E-state index contributed by atoms with van der Waals surface area (Å²) in [4.78, 5) is 0. The second-order valence-corrected chi connectivity index (χ2v) is 4.60. The summed E-state index contributed by atoms with van der Waals surface area (Å²) in [6.07, 6.45) is 10.2. The van der Waals surface area contributed by atoms with Gasteiger partial charge in [-0.25, -0.2) is 0 Å². The van der Waals surface area contributed by atoms with Crippen LogP contribution in [0.25, 0.3) is 0 Å². The highest BCUT2D eigenvalue weighted by Crippen LogP contribution is 2.34. The Bertz CT molecular complexity index is 303. The fourth-order valence-electron chi connectivity index (χ4n) is 1.97. The first-order valence-corrected chi connectivity index (χ1v) is 5.71. The predicted molar refractivity (Wildman–Crippen MR) is 60.0 cm³/mol. The second-order valence-electron chi connectivity index (χ2n) is 4.60. The minimum absolute atomic E-state index is 0.470. The smallest absolute Gasteiger partial charge is 0.0521 e. The van der Waals surface area contributed by atoms with Gasteiger partial charge in [-0.2, -0.15) is 5.10 Å². The van der Waals surface area contributed by atoms with Crippen LogP contribution in [0.2, 0.25) is 0 Å². The third kappa shape index (κ3) is 3.32. The number of hydrogen-bond acceptors (Lipinski definition) is 3. The Morgan fingerprint density at radius 1 is 1.67 bits per heavy atom. The van der Waals surface area contributed by atoms with Gasteiger partial charge in [0.1, 0.15) is 0 Å². The average Bonchev–Trinajstić information content (AvgIpc) is 2.95. The Balaban J connectivity index is 1.74. The second kappa shape index (κ2) is 4.77. The van der Waals surface area contributed by atoms with Crippen LogP contribution in [-0.4, -0.2) is 15.8 Å². The van der Waals surface area contributed by atoms with Crippen LogP contribution in [0, 0.1) is 5.92 Å². The van der Waals surface area contributed by atoms with Crippen LogP contribution in [-0.2, 0) is 13.5 Å². The quantitative estimate of drug-likeness (QED) is 0.541. The summed E-state index contributed by atoms with van der Waals surface area (Å²) >= 11 is 0. The predicted octanol–water partition coefficient (Wildman–Crippen LogP) is 0.985. The summed E-state index contributed by atoms with van der Waals surface area (Å²) in [7, 11) is 1.95. The number of nitrogens with one attached hydrogen (secondary N) is 1. The van der Waals surface area contributed by atoms with Crippen molar-refractivity contribution in [2.75, 3.05) is 0 Å². The van der Waals surface area contributed by atoms with Gasteiger partial charge in [0.15, 0.2) is 0 Å². The van der Waals surface area contributed by atoms with Crippen LogP contribution < -0.4 is 11.3 Å². The first-order chi connectivity index (χ1) is 7.28. The van der Waals surface area contributed by atoms with Crippen molar-refractivity contribution in [1.29, 1.82) is 0 Å². The summed E-state index contributed by atoms with van der Waals surface area (Å²) in [5.74, 6) is 6.48. The minimum atomic E-state index is 0.470. The van der Waals surface area contributed by atoms with Gasteiger partial charge in [-0.3, -0.25) is 16.0 Å². The fraction of sp³-hybridized carbons (Fsp3) is 0.727. The molecule has 0 bridgehead atoms. The van der Waals surface area contributed by atoms with Crippen LogP contribution in [0.1, 0.15) is 31.2 Å². The topological polar surface area (TPSA) is 55.9 Å². The highest BCUT2D eigenvalue weighted by molar-refractivity contribution is 5.04. The Hall–Kier alpha value is -0.870. The van der Waals surface area contributed by atoms with E-state index < -0.39 is 0 Å². The molecule has 2 rings (SSSR count). The van der Waals surface area contributed by atoms with Gasteiger partial charge in [0, 0.05) is 19.3 Å². The molecular formula is C11H20N4. The molecule has 1 aliphatic carbocycles.